The maximum Gasteiger partial charge on any atom is 0.270 e. The summed E-state index contributed by atoms with van der Waals surface area (Å²) in [6.45, 7) is 4.79. The van der Waals surface area contributed by atoms with Crippen molar-refractivity contribution >= 4 is 17.2 Å². The van der Waals surface area contributed by atoms with Crippen LogP contribution >= 0.6 is 11.3 Å². The van der Waals surface area contributed by atoms with E-state index in [-0.39, 0.29) is 5.91 Å². The van der Waals surface area contributed by atoms with Crippen LogP contribution in [0, 0.1) is 5.92 Å². The molecule has 0 spiro atoms. The van der Waals surface area contributed by atoms with Crippen molar-refractivity contribution in [1.82, 2.24) is 15.3 Å². The Bertz CT molecular complexity index is 522. The molecule has 0 unspecified atom stereocenters. The lowest BCUT2D eigenvalue weighted by Gasteiger charge is -2.05. The van der Waals surface area contributed by atoms with Gasteiger partial charge in [-0.25, -0.2) is 4.98 Å². The molecular formula is C13H15N3OS. The number of nitrogens with one attached hydrogen (secondary N) is 1. The van der Waals surface area contributed by atoms with Crippen LogP contribution in [-0.2, 0) is 0 Å². The van der Waals surface area contributed by atoms with Crippen LogP contribution < -0.4 is 5.32 Å². The number of hydrogen-bond acceptors (Lipinski definition) is 4. The van der Waals surface area contributed by atoms with Gasteiger partial charge < -0.3 is 5.32 Å². The highest BCUT2D eigenvalue weighted by Crippen LogP contribution is 2.22. The molecule has 94 valence electrons. The molecule has 4 nitrogen and oxygen atoms in total. The van der Waals surface area contributed by atoms with Crippen LogP contribution in [0.15, 0.2) is 29.9 Å². The SMILES string of the molecule is CC(C)CNC(=O)c1csc(-c2ccncc2)n1. The third-order valence-corrected chi connectivity index (χ3v) is 3.23. The maximum absolute atomic E-state index is 11.8. The van der Waals surface area contributed by atoms with Crippen molar-refractivity contribution in [3.8, 4) is 10.6 Å². The van der Waals surface area contributed by atoms with Crippen molar-refractivity contribution in [2.24, 2.45) is 5.92 Å². The summed E-state index contributed by atoms with van der Waals surface area (Å²) in [6.07, 6.45) is 3.44. The number of hydrogen-bond donors (Lipinski definition) is 1. The summed E-state index contributed by atoms with van der Waals surface area (Å²) in [5, 5.41) is 5.48. The number of aromatic nitrogens is 2. The molecule has 0 fully saturated rings. The number of nitrogens with zero attached hydrogens (tertiary/aromatic N) is 2. The van der Waals surface area contributed by atoms with Gasteiger partial charge in [0.05, 0.1) is 0 Å². The molecule has 2 rings (SSSR count). The zero-order valence-electron chi connectivity index (χ0n) is 10.4. The molecule has 0 aromatic carbocycles. The molecule has 0 radical (unpaired) electrons. The molecule has 0 aliphatic rings. The van der Waals surface area contributed by atoms with E-state index in [2.05, 4.69) is 29.1 Å². The van der Waals surface area contributed by atoms with Gasteiger partial charge >= 0.3 is 0 Å². The second-order valence-electron chi connectivity index (χ2n) is 4.38. The monoisotopic (exact) mass is 261 g/mol. The summed E-state index contributed by atoms with van der Waals surface area (Å²) in [5.41, 5.74) is 1.46. The third-order valence-electron chi connectivity index (χ3n) is 2.33. The van der Waals surface area contributed by atoms with E-state index < -0.39 is 0 Å². The van der Waals surface area contributed by atoms with E-state index in [1.165, 1.54) is 11.3 Å². The fourth-order valence-electron chi connectivity index (χ4n) is 1.39. The molecule has 2 heterocycles. The molecule has 0 aliphatic heterocycles. The average Bonchev–Trinajstić information content (AvgIpc) is 2.86. The van der Waals surface area contributed by atoms with Gasteiger partial charge in [0.25, 0.3) is 5.91 Å². The molecule has 0 bridgehead atoms. The van der Waals surface area contributed by atoms with Crippen LogP contribution in [0.2, 0.25) is 0 Å². The molecule has 2 aromatic rings. The first-order valence-electron chi connectivity index (χ1n) is 5.81. The topological polar surface area (TPSA) is 54.9 Å². The van der Waals surface area contributed by atoms with Gasteiger partial charge in [0.15, 0.2) is 0 Å². The van der Waals surface area contributed by atoms with Crippen LogP contribution in [0.5, 0.6) is 0 Å². The highest BCUT2D eigenvalue weighted by atomic mass is 32.1. The van der Waals surface area contributed by atoms with Crippen LogP contribution in [-0.4, -0.2) is 22.4 Å². The average molecular weight is 261 g/mol. The Kier molecular flexibility index (Phi) is 4.04. The molecule has 0 saturated carbocycles. The molecule has 2 aromatic heterocycles. The van der Waals surface area contributed by atoms with Gasteiger partial charge in [-0.15, -0.1) is 11.3 Å². The van der Waals surface area contributed by atoms with Crippen molar-refractivity contribution in [1.29, 1.82) is 0 Å². The fourth-order valence-corrected chi connectivity index (χ4v) is 2.20. The van der Waals surface area contributed by atoms with Crippen LogP contribution in [0.1, 0.15) is 24.3 Å². The van der Waals surface area contributed by atoms with E-state index in [0.717, 1.165) is 10.6 Å². The van der Waals surface area contributed by atoms with E-state index in [1.807, 2.05) is 12.1 Å². The normalized spacial score (nSPS) is 10.6. The first kappa shape index (κ1) is 12.7. The predicted molar refractivity (Wildman–Crippen MR) is 72.5 cm³/mol. The summed E-state index contributed by atoms with van der Waals surface area (Å²) in [4.78, 5) is 20.1. The van der Waals surface area contributed by atoms with Crippen LogP contribution in [0.25, 0.3) is 10.6 Å². The maximum atomic E-state index is 11.8. The molecule has 18 heavy (non-hydrogen) atoms. The zero-order valence-corrected chi connectivity index (χ0v) is 11.2. The molecule has 1 N–H and O–H groups in total. The van der Waals surface area contributed by atoms with Crippen LogP contribution in [0.3, 0.4) is 0 Å². The second kappa shape index (κ2) is 5.73. The lowest BCUT2D eigenvalue weighted by molar-refractivity contribution is 0.0945. The highest BCUT2D eigenvalue weighted by molar-refractivity contribution is 7.13. The minimum Gasteiger partial charge on any atom is -0.350 e. The smallest absolute Gasteiger partial charge is 0.270 e. The quantitative estimate of drug-likeness (QED) is 0.920. The lowest BCUT2D eigenvalue weighted by Crippen LogP contribution is -2.27. The van der Waals surface area contributed by atoms with E-state index in [0.29, 0.717) is 18.2 Å². The Hall–Kier alpha value is -1.75. The standard InChI is InChI=1S/C13H15N3OS/c1-9(2)7-15-12(17)11-8-18-13(16-11)10-3-5-14-6-4-10/h3-6,8-9H,7H2,1-2H3,(H,15,17). The van der Waals surface area contributed by atoms with E-state index in [4.69, 9.17) is 0 Å². The lowest BCUT2D eigenvalue weighted by atomic mass is 10.2. The van der Waals surface area contributed by atoms with Crippen molar-refractivity contribution < 1.29 is 4.79 Å². The van der Waals surface area contributed by atoms with Crippen molar-refractivity contribution in [3.63, 3.8) is 0 Å². The summed E-state index contributed by atoms with van der Waals surface area (Å²) in [6, 6.07) is 3.77. The molecular weight excluding hydrogens is 246 g/mol. The number of carbonyl (C=O) groups is 1. The van der Waals surface area contributed by atoms with Gasteiger partial charge in [-0.05, 0) is 18.1 Å². The first-order valence-corrected chi connectivity index (χ1v) is 6.69. The third kappa shape index (κ3) is 3.13. The largest absolute Gasteiger partial charge is 0.350 e. The number of pyridine rings is 1. The summed E-state index contributed by atoms with van der Waals surface area (Å²) in [5.74, 6) is 0.326. The van der Waals surface area contributed by atoms with Crippen molar-refractivity contribution in [3.05, 3.63) is 35.6 Å². The van der Waals surface area contributed by atoms with E-state index in [9.17, 15) is 4.79 Å². The second-order valence-corrected chi connectivity index (χ2v) is 5.24. The van der Waals surface area contributed by atoms with Gasteiger partial charge in [0, 0.05) is 29.9 Å². The predicted octanol–water partition coefficient (Wildman–Crippen LogP) is 2.59. The fraction of sp³-hybridized carbons (Fsp3) is 0.308. The number of amides is 1. The van der Waals surface area contributed by atoms with Crippen LogP contribution in [0.4, 0.5) is 0 Å². The Labute approximate surface area is 110 Å². The molecule has 0 saturated heterocycles. The number of thiazole rings is 1. The minimum absolute atomic E-state index is 0.111. The van der Waals surface area contributed by atoms with Gasteiger partial charge in [0.1, 0.15) is 10.7 Å². The summed E-state index contributed by atoms with van der Waals surface area (Å²) in [7, 11) is 0. The van der Waals surface area contributed by atoms with Gasteiger partial charge in [-0.2, -0.15) is 0 Å². The van der Waals surface area contributed by atoms with Crippen molar-refractivity contribution in [2.45, 2.75) is 13.8 Å². The Morgan fingerprint density at radius 3 is 2.78 bits per heavy atom. The molecule has 1 amide bonds. The molecule has 5 heteroatoms. The molecule has 0 aliphatic carbocycles. The number of rotatable bonds is 4. The first-order chi connectivity index (χ1) is 8.66. The molecule has 0 atom stereocenters. The van der Waals surface area contributed by atoms with Gasteiger partial charge in [0.2, 0.25) is 0 Å². The number of carbonyl (C=O) groups excluding carboxylic acids is 1. The Morgan fingerprint density at radius 1 is 1.39 bits per heavy atom. The Morgan fingerprint density at radius 2 is 2.11 bits per heavy atom. The minimum atomic E-state index is -0.111. The van der Waals surface area contributed by atoms with Gasteiger partial charge in [-0.3, -0.25) is 9.78 Å². The zero-order chi connectivity index (χ0) is 13.0. The van der Waals surface area contributed by atoms with Gasteiger partial charge in [-0.1, -0.05) is 13.8 Å². The van der Waals surface area contributed by atoms with E-state index in [1.54, 1.807) is 17.8 Å². The van der Waals surface area contributed by atoms with E-state index >= 15 is 0 Å². The van der Waals surface area contributed by atoms with Crippen molar-refractivity contribution in [2.75, 3.05) is 6.54 Å². The summed E-state index contributed by atoms with van der Waals surface area (Å²) >= 11 is 1.47. The Balaban J connectivity index is 2.09. The highest BCUT2D eigenvalue weighted by Gasteiger charge is 2.11. The summed E-state index contributed by atoms with van der Waals surface area (Å²) < 4.78 is 0.